The predicted octanol–water partition coefficient (Wildman–Crippen LogP) is 2.09. The molecule has 0 saturated heterocycles. The average molecular weight is 243 g/mol. The highest BCUT2D eigenvalue weighted by Gasteiger charge is 2.05. The Morgan fingerprint density at radius 1 is 1.18 bits per heavy atom. The third-order valence-electron chi connectivity index (χ3n) is 2.23. The number of aromatic amines is 1. The Bertz CT molecular complexity index is 631. The monoisotopic (exact) mass is 243 g/mol. The van der Waals surface area contributed by atoms with Crippen LogP contribution in [0.25, 0.3) is 11.0 Å². The highest BCUT2D eigenvalue weighted by molar-refractivity contribution is 7.99. The lowest BCUT2D eigenvalue weighted by molar-refractivity contribution is 1.03. The SMILES string of the molecule is Nc1cc(Sc2nc3ccccc3[nH]2)ncn1. The van der Waals surface area contributed by atoms with Gasteiger partial charge in [0.15, 0.2) is 5.16 Å². The van der Waals surface area contributed by atoms with E-state index in [9.17, 15) is 0 Å². The molecule has 0 unspecified atom stereocenters. The number of fused-ring (bicyclic) bond motifs is 1. The van der Waals surface area contributed by atoms with Crippen LogP contribution in [0.5, 0.6) is 0 Å². The van der Waals surface area contributed by atoms with Crippen molar-refractivity contribution in [2.45, 2.75) is 10.2 Å². The van der Waals surface area contributed by atoms with Gasteiger partial charge in [-0.15, -0.1) is 0 Å². The number of rotatable bonds is 2. The Morgan fingerprint density at radius 3 is 2.88 bits per heavy atom. The molecule has 0 amide bonds. The average Bonchev–Trinajstić information content (AvgIpc) is 2.71. The standard InChI is InChI=1S/C11H9N5S/c12-9-5-10(14-6-13-9)17-11-15-7-3-1-2-4-8(7)16-11/h1-6H,(H,15,16)(H2,12,13,14). The number of anilines is 1. The van der Waals surface area contributed by atoms with Gasteiger partial charge in [0.2, 0.25) is 0 Å². The van der Waals surface area contributed by atoms with Crippen LogP contribution in [-0.2, 0) is 0 Å². The van der Waals surface area contributed by atoms with E-state index in [2.05, 4.69) is 19.9 Å². The molecule has 0 spiro atoms. The molecule has 3 aromatic rings. The van der Waals surface area contributed by atoms with Crippen LogP contribution in [0.4, 0.5) is 5.82 Å². The molecule has 0 aliphatic heterocycles. The molecule has 2 heterocycles. The van der Waals surface area contributed by atoms with E-state index in [1.807, 2.05) is 24.3 Å². The second-order valence-corrected chi connectivity index (χ2v) is 4.45. The first kappa shape index (κ1) is 10.1. The van der Waals surface area contributed by atoms with Crippen molar-refractivity contribution in [3.63, 3.8) is 0 Å². The van der Waals surface area contributed by atoms with Crippen LogP contribution in [-0.4, -0.2) is 19.9 Å². The highest BCUT2D eigenvalue weighted by atomic mass is 32.2. The number of imidazole rings is 1. The van der Waals surface area contributed by atoms with E-state index < -0.39 is 0 Å². The molecule has 2 aromatic heterocycles. The summed E-state index contributed by atoms with van der Waals surface area (Å²) in [7, 11) is 0. The van der Waals surface area contributed by atoms with Gasteiger partial charge in [0.25, 0.3) is 0 Å². The number of nitrogens with two attached hydrogens (primary N) is 1. The summed E-state index contributed by atoms with van der Waals surface area (Å²) in [5.74, 6) is 0.457. The third-order valence-corrected chi connectivity index (χ3v) is 3.05. The minimum atomic E-state index is 0.457. The van der Waals surface area contributed by atoms with Crippen molar-refractivity contribution < 1.29 is 0 Å². The Balaban J connectivity index is 1.94. The summed E-state index contributed by atoms with van der Waals surface area (Å²) in [5, 5.41) is 1.57. The van der Waals surface area contributed by atoms with Crippen molar-refractivity contribution in [2.24, 2.45) is 0 Å². The highest BCUT2D eigenvalue weighted by Crippen LogP contribution is 2.25. The first-order chi connectivity index (χ1) is 8.31. The summed E-state index contributed by atoms with van der Waals surface area (Å²) in [4.78, 5) is 15.6. The molecule has 3 N–H and O–H groups in total. The van der Waals surface area contributed by atoms with E-state index in [4.69, 9.17) is 5.73 Å². The first-order valence-corrected chi connectivity index (χ1v) is 5.83. The van der Waals surface area contributed by atoms with Gasteiger partial charge >= 0.3 is 0 Å². The van der Waals surface area contributed by atoms with Crippen molar-refractivity contribution in [3.8, 4) is 0 Å². The maximum atomic E-state index is 5.59. The number of para-hydroxylation sites is 2. The molecule has 0 atom stereocenters. The van der Waals surface area contributed by atoms with Gasteiger partial charge < -0.3 is 10.7 Å². The number of benzene rings is 1. The fraction of sp³-hybridized carbons (Fsp3) is 0. The molecule has 84 valence electrons. The third kappa shape index (κ3) is 2.07. The second kappa shape index (κ2) is 4.06. The van der Waals surface area contributed by atoms with Crippen LogP contribution in [0.3, 0.4) is 0 Å². The lowest BCUT2D eigenvalue weighted by Crippen LogP contribution is -1.91. The van der Waals surface area contributed by atoms with Crippen LogP contribution < -0.4 is 5.73 Å². The summed E-state index contributed by atoms with van der Waals surface area (Å²) in [6.07, 6.45) is 1.44. The van der Waals surface area contributed by atoms with Gasteiger partial charge in [0, 0.05) is 6.07 Å². The lowest BCUT2D eigenvalue weighted by atomic mass is 10.3. The van der Waals surface area contributed by atoms with Crippen molar-refractivity contribution >= 4 is 28.6 Å². The van der Waals surface area contributed by atoms with Crippen molar-refractivity contribution in [2.75, 3.05) is 5.73 Å². The zero-order valence-electron chi connectivity index (χ0n) is 8.79. The molecule has 17 heavy (non-hydrogen) atoms. The largest absolute Gasteiger partial charge is 0.384 e. The van der Waals surface area contributed by atoms with E-state index in [1.165, 1.54) is 18.1 Å². The Kier molecular flexibility index (Phi) is 2.41. The molecule has 1 aromatic carbocycles. The van der Waals surface area contributed by atoms with Crippen LogP contribution in [0.2, 0.25) is 0 Å². The zero-order valence-corrected chi connectivity index (χ0v) is 9.61. The summed E-state index contributed by atoms with van der Waals surface area (Å²) < 4.78 is 0. The quantitative estimate of drug-likeness (QED) is 0.673. The first-order valence-electron chi connectivity index (χ1n) is 5.01. The van der Waals surface area contributed by atoms with E-state index in [1.54, 1.807) is 6.07 Å². The fourth-order valence-corrected chi connectivity index (χ4v) is 2.27. The van der Waals surface area contributed by atoms with Crippen molar-refractivity contribution in [3.05, 3.63) is 36.7 Å². The van der Waals surface area contributed by atoms with Gasteiger partial charge in [-0.1, -0.05) is 12.1 Å². The predicted molar refractivity (Wildman–Crippen MR) is 66.7 cm³/mol. The molecule has 0 bridgehead atoms. The topological polar surface area (TPSA) is 80.5 Å². The van der Waals surface area contributed by atoms with Crippen LogP contribution in [0, 0.1) is 0 Å². The number of aromatic nitrogens is 4. The van der Waals surface area contributed by atoms with Gasteiger partial charge in [-0.2, -0.15) is 0 Å². The number of nitrogen functional groups attached to an aromatic ring is 1. The number of H-pyrrole nitrogens is 1. The van der Waals surface area contributed by atoms with Gasteiger partial charge in [-0.05, 0) is 23.9 Å². The van der Waals surface area contributed by atoms with Gasteiger partial charge in [-0.25, -0.2) is 15.0 Å². The normalized spacial score (nSPS) is 10.8. The lowest BCUT2D eigenvalue weighted by Gasteiger charge is -1.96. The van der Waals surface area contributed by atoms with Crippen molar-refractivity contribution in [1.82, 2.24) is 19.9 Å². The number of hydrogen-bond donors (Lipinski definition) is 2. The summed E-state index contributed by atoms with van der Waals surface area (Å²) in [6.45, 7) is 0. The van der Waals surface area contributed by atoms with E-state index in [0.29, 0.717) is 5.82 Å². The maximum absolute atomic E-state index is 5.59. The maximum Gasteiger partial charge on any atom is 0.172 e. The molecule has 6 heteroatoms. The number of nitrogens with one attached hydrogen (secondary N) is 1. The van der Waals surface area contributed by atoms with E-state index in [-0.39, 0.29) is 0 Å². The minimum Gasteiger partial charge on any atom is -0.384 e. The molecular weight excluding hydrogens is 234 g/mol. The molecule has 0 aliphatic carbocycles. The fourth-order valence-electron chi connectivity index (χ4n) is 1.49. The molecular formula is C11H9N5S. The molecule has 3 rings (SSSR count). The molecule has 0 radical (unpaired) electrons. The van der Waals surface area contributed by atoms with Crippen molar-refractivity contribution in [1.29, 1.82) is 0 Å². The van der Waals surface area contributed by atoms with E-state index >= 15 is 0 Å². The van der Waals surface area contributed by atoms with Gasteiger partial charge in [0.05, 0.1) is 11.0 Å². The molecule has 5 nitrogen and oxygen atoms in total. The summed E-state index contributed by atoms with van der Waals surface area (Å²) in [5.41, 5.74) is 7.55. The molecule has 0 fully saturated rings. The summed E-state index contributed by atoms with van der Waals surface area (Å²) in [6, 6.07) is 9.60. The minimum absolute atomic E-state index is 0.457. The second-order valence-electron chi connectivity index (χ2n) is 3.44. The number of hydrogen-bond acceptors (Lipinski definition) is 5. The van der Waals surface area contributed by atoms with E-state index in [0.717, 1.165) is 21.2 Å². The van der Waals surface area contributed by atoms with Crippen LogP contribution in [0.1, 0.15) is 0 Å². The van der Waals surface area contributed by atoms with Crippen LogP contribution in [0.15, 0.2) is 46.8 Å². The number of nitrogens with zero attached hydrogens (tertiary/aromatic N) is 3. The van der Waals surface area contributed by atoms with Gasteiger partial charge in [-0.3, -0.25) is 0 Å². The summed E-state index contributed by atoms with van der Waals surface area (Å²) >= 11 is 1.43. The Labute approximate surface area is 102 Å². The molecule has 0 saturated carbocycles. The Hall–Kier alpha value is -2.08. The van der Waals surface area contributed by atoms with Gasteiger partial charge in [0.1, 0.15) is 17.2 Å². The smallest absolute Gasteiger partial charge is 0.172 e. The zero-order chi connectivity index (χ0) is 11.7. The molecule has 0 aliphatic rings. The Morgan fingerprint density at radius 2 is 2.06 bits per heavy atom. The van der Waals surface area contributed by atoms with Crippen LogP contribution >= 0.6 is 11.8 Å².